The van der Waals surface area contributed by atoms with Gasteiger partial charge in [0.2, 0.25) is 6.54 Å². The van der Waals surface area contributed by atoms with Gasteiger partial charge in [-0.05, 0) is 45.0 Å². The van der Waals surface area contributed by atoms with Crippen molar-refractivity contribution in [2.75, 3.05) is 76.4 Å². The van der Waals surface area contributed by atoms with Crippen LogP contribution in [0.15, 0.2) is 48.8 Å². The Labute approximate surface area is 274 Å². The Morgan fingerprint density at radius 2 is 2.00 bits per heavy atom. The van der Waals surface area contributed by atoms with Crippen LogP contribution < -0.4 is 14.5 Å². The number of nitrogens with zero attached hydrogens (tertiary/aromatic N) is 7. The molecule has 0 spiro atoms. The molecular weight excluding hydrogens is 609 g/mol. The second kappa shape index (κ2) is 13.0. The van der Waals surface area contributed by atoms with Gasteiger partial charge in [-0.15, -0.1) is 0 Å². The predicted molar refractivity (Wildman–Crippen MR) is 177 cm³/mol. The fourth-order valence-corrected chi connectivity index (χ4v) is 7.23. The number of carbonyl (C=O) groups is 1. The molecule has 46 heavy (non-hydrogen) atoms. The second-order valence-corrected chi connectivity index (χ2v) is 13.3. The van der Waals surface area contributed by atoms with Crippen LogP contribution in [-0.2, 0) is 22.5 Å². The summed E-state index contributed by atoms with van der Waals surface area (Å²) < 4.78 is 25.8. The third-order valence-electron chi connectivity index (χ3n) is 9.10. The normalized spacial score (nSPS) is 20.7. The number of fused-ring (bicyclic) bond motifs is 2. The van der Waals surface area contributed by atoms with Crippen molar-refractivity contribution in [2.45, 2.75) is 32.0 Å². The van der Waals surface area contributed by atoms with E-state index in [2.05, 4.69) is 51.2 Å². The Balaban J connectivity index is 1.37. The summed E-state index contributed by atoms with van der Waals surface area (Å²) in [5.74, 6) is -1.06. The fraction of sp³-hybridized carbons (Fsp3) is 0.471. The Bertz CT molecular complexity index is 1690. The van der Waals surface area contributed by atoms with Crippen molar-refractivity contribution in [1.82, 2.24) is 19.8 Å². The topological polar surface area (TPSA) is 78.6 Å². The van der Waals surface area contributed by atoms with Gasteiger partial charge in [0.15, 0.2) is 5.83 Å². The first-order valence-electron chi connectivity index (χ1n) is 15.5. The molecule has 242 valence electrons. The van der Waals surface area contributed by atoms with Crippen LogP contribution >= 0.6 is 11.6 Å². The third kappa shape index (κ3) is 6.21. The highest BCUT2D eigenvalue weighted by Crippen LogP contribution is 2.39. The summed E-state index contributed by atoms with van der Waals surface area (Å²) in [6.07, 6.45) is 0.665. The van der Waals surface area contributed by atoms with Gasteiger partial charge in [0.05, 0.1) is 35.9 Å². The van der Waals surface area contributed by atoms with Gasteiger partial charge < -0.3 is 33.9 Å². The smallest absolute Gasteiger partial charge is 0.318 e. The van der Waals surface area contributed by atoms with Gasteiger partial charge in [-0.2, -0.15) is 9.97 Å². The van der Waals surface area contributed by atoms with Crippen molar-refractivity contribution in [3.05, 3.63) is 76.5 Å². The largest absolute Gasteiger partial charge is 0.463 e. The standard InChI is InChI=1S/C34H39ClFN7O3/c1-22-14-26-28(17-43(22)29-11-7-9-24-8-6-10-27(35)30(24)29)38-33(46-21-34(18-40(4)5)19-45-20-34)39-31(26)41-12-13-42(32(44)23(2)36)25(16-41)15-37-3/h6-11,22,25H,2,12-21H2,1,4-5H3/t22-,25+/m1/s1. The summed E-state index contributed by atoms with van der Waals surface area (Å²) in [6, 6.07) is 12.0. The molecule has 3 aliphatic rings. The van der Waals surface area contributed by atoms with Gasteiger partial charge in [0.25, 0.3) is 5.91 Å². The third-order valence-corrected chi connectivity index (χ3v) is 9.41. The van der Waals surface area contributed by atoms with Crippen LogP contribution in [0.2, 0.25) is 5.02 Å². The van der Waals surface area contributed by atoms with Crippen molar-refractivity contribution in [3.63, 3.8) is 0 Å². The number of amides is 1. The number of aromatic nitrogens is 2. The number of anilines is 2. The van der Waals surface area contributed by atoms with Gasteiger partial charge in [-0.3, -0.25) is 4.79 Å². The first-order valence-corrected chi connectivity index (χ1v) is 15.9. The molecule has 4 heterocycles. The Hall–Kier alpha value is -3.98. The highest BCUT2D eigenvalue weighted by atomic mass is 35.5. The lowest BCUT2D eigenvalue weighted by Gasteiger charge is -2.43. The van der Waals surface area contributed by atoms with Gasteiger partial charge >= 0.3 is 6.01 Å². The molecule has 3 aliphatic heterocycles. The molecular formula is C34H39ClFN7O3. The minimum atomic E-state index is -1.02. The van der Waals surface area contributed by atoms with Crippen molar-refractivity contribution >= 4 is 39.8 Å². The summed E-state index contributed by atoms with van der Waals surface area (Å²) in [5.41, 5.74) is 2.75. The second-order valence-electron chi connectivity index (χ2n) is 12.9. The van der Waals surface area contributed by atoms with Gasteiger partial charge in [-0.1, -0.05) is 42.4 Å². The van der Waals surface area contributed by atoms with E-state index in [0.717, 1.165) is 40.1 Å². The minimum Gasteiger partial charge on any atom is -0.463 e. The predicted octanol–water partition coefficient (Wildman–Crippen LogP) is 4.61. The Kier molecular flexibility index (Phi) is 9.06. The zero-order valence-electron chi connectivity index (χ0n) is 26.5. The van der Waals surface area contributed by atoms with E-state index in [-0.39, 0.29) is 30.6 Å². The number of halogens is 2. The van der Waals surface area contributed by atoms with Crippen molar-refractivity contribution in [3.8, 4) is 6.01 Å². The zero-order chi connectivity index (χ0) is 32.6. The Morgan fingerprint density at radius 3 is 2.67 bits per heavy atom. The molecule has 2 saturated heterocycles. The van der Waals surface area contributed by atoms with E-state index in [1.165, 1.54) is 4.90 Å². The van der Waals surface area contributed by atoms with Gasteiger partial charge in [0, 0.05) is 48.9 Å². The first-order chi connectivity index (χ1) is 22.1. The number of hydrogen-bond donors (Lipinski definition) is 0. The maximum atomic E-state index is 13.9. The lowest BCUT2D eigenvalue weighted by Crippen LogP contribution is -2.57. The van der Waals surface area contributed by atoms with E-state index in [1.54, 1.807) is 0 Å². The number of hydrogen-bond acceptors (Lipinski definition) is 8. The van der Waals surface area contributed by atoms with Crippen LogP contribution in [0.25, 0.3) is 15.6 Å². The van der Waals surface area contributed by atoms with E-state index in [0.29, 0.717) is 50.9 Å². The maximum Gasteiger partial charge on any atom is 0.318 e. The average molecular weight is 648 g/mol. The number of ether oxygens (including phenoxy) is 2. The fourth-order valence-electron chi connectivity index (χ4n) is 6.95. The van der Waals surface area contributed by atoms with E-state index in [4.69, 9.17) is 37.6 Å². The molecule has 0 saturated carbocycles. The Morgan fingerprint density at radius 1 is 1.24 bits per heavy atom. The monoisotopic (exact) mass is 647 g/mol. The molecule has 2 atom stereocenters. The van der Waals surface area contributed by atoms with Gasteiger partial charge in [0.1, 0.15) is 18.5 Å². The summed E-state index contributed by atoms with van der Waals surface area (Å²) in [5, 5.41) is 2.76. The van der Waals surface area contributed by atoms with E-state index in [9.17, 15) is 9.18 Å². The van der Waals surface area contributed by atoms with Crippen LogP contribution in [0.5, 0.6) is 6.01 Å². The molecule has 12 heteroatoms. The minimum absolute atomic E-state index is 0.0469. The first kappa shape index (κ1) is 32.0. The molecule has 1 aromatic heterocycles. The van der Waals surface area contributed by atoms with Crippen LogP contribution in [-0.4, -0.2) is 104 Å². The molecule has 10 nitrogen and oxygen atoms in total. The molecule has 0 bridgehead atoms. The lowest BCUT2D eigenvalue weighted by atomic mass is 9.86. The number of rotatable bonds is 9. The molecule has 0 unspecified atom stereocenters. The molecule has 0 aliphatic carbocycles. The quantitative estimate of drug-likeness (QED) is 0.246. The van der Waals surface area contributed by atoms with E-state index >= 15 is 0 Å². The maximum absolute atomic E-state index is 13.9. The lowest BCUT2D eigenvalue weighted by molar-refractivity contribution is -0.140. The molecule has 6 rings (SSSR count). The van der Waals surface area contributed by atoms with Crippen LogP contribution in [0.4, 0.5) is 15.9 Å². The highest BCUT2D eigenvalue weighted by molar-refractivity contribution is 6.36. The number of piperazine rings is 1. The molecule has 1 amide bonds. The molecule has 2 aromatic carbocycles. The summed E-state index contributed by atoms with van der Waals surface area (Å²) >= 11 is 6.74. The van der Waals surface area contributed by atoms with Crippen LogP contribution in [0.1, 0.15) is 18.2 Å². The van der Waals surface area contributed by atoms with Crippen molar-refractivity contribution < 1.29 is 18.7 Å². The molecule has 0 N–H and O–H groups in total. The van der Waals surface area contributed by atoms with Crippen LogP contribution in [0.3, 0.4) is 0 Å². The van der Waals surface area contributed by atoms with Crippen molar-refractivity contribution in [2.24, 2.45) is 5.41 Å². The summed E-state index contributed by atoms with van der Waals surface area (Å²) in [4.78, 5) is 34.1. The molecule has 2 fully saturated rings. The van der Waals surface area contributed by atoms with Crippen LogP contribution in [0, 0.1) is 12.0 Å². The highest BCUT2D eigenvalue weighted by Gasteiger charge is 2.41. The van der Waals surface area contributed by atoms with Gasteiger partial charge in [-0.25, -0.2) is 11.0 Å². The van der Waals surface area contributed by atoms with E-state index < -0.39 is 17.8 Å². The number of carbonyl (C=O) groups excluding carboxylic acids is 1. The summed E-state index contributed by atoms with van der Waals surface area (Å²) in [6.45, 7) is 16.9. The summed E-state index contributed by atoms with van der Waals surface area (Å²) in [7, 11) is 4.07. The molecule has 3 aromatic rings. The average Bonchev–Trinajstić information content (AvgIpc) is 3.01. The SMILES string of the molecule is [C-]#[N+]C[C@H]1CN(c2nc(OCC3(CN(C)C)COC3)nc3c2C[C@@H](C)N(c2cccc4cccc(Cl)c24)C3)CCN1C(=O)C(=C)F. The van der Waals surface area contributed by atoms with Crippen molar-refractivity contribution in [1.29, 1.82) is 0 Å². The number of benzene rings is 2. The zero-order valence-corrected chi connectivity index (χ0v) is 27.3. The van der Waals surface area contributed by atoms with E-state index in [1.807, 2.05) is 32.3 Å². The molecule has 0 radical (unpaired) electrons.